The summed E-state index contributed by atoms with van der Waals surface area (Å²) in [5, 5.41) is 3.55. The van der Waals surface area contributed by atoms with E-state index in [0.29, 0.717) is 0 Å². The molecule has 0 saturated heterocycles. The van der Waals surface area contributed by atoms with E-state index in [9.17, 15) is 4.39 Å². The Morgan fingerprint density at radius 1 is 1.37 bits per heavy atom. The molecule has 0 heterocycles. The van der Waals surface area contributed by atoms with Crippen LogP contribution in [0.25, 0.3) is 0 Å². The summed E-state index contributed by atoms with van der Waals surface area (Å²) in [6.07, 6.45) is 4.54. The van der Waals surface area contributed by atoms with Gasteiger partial charge in [0.15, 0.2) is 0 Å². The molecular weight excluding hydrogens is 241 g/mol. The summed E-state index contributed by atoms with van der Waals surface area (Å²) in [4.78, 5) is 0. The number of rotatable bonds is 5. The van der Waals surface area contributed by atoms with E-state index in [1.54, 1.807) is 19.2 Å². The van der Waals surface area contributed by atoms with E-state index in [1.807, 2.05) is 13.0 Å². The molecule has 0 aromatic heterocycles. The van der Waals surface area contributed by atoms with Gasteiger partial charge in [0.2, 0.25) is 0 Å². The molecule has 0 aliphatic heterocycles. The topological polar surface area (TPSA) is 21.3 Å². The van der Waals surface area contributed by atoms with E-state index in [4.69, 9.17) is 4.74 Å². The van der Waals surface area contributed by atoms with Gasteiger partial charge < -0.3 is 10.1 Å². The van der Waals surface area contributed by atoms with Gasteiger partial charge in [-0.15, -0.1) is 0 Å². The molecule has 19 heavy (non-hydrogen) atoms. The molecule has 106 valence electrons. The lowest BCUT2D eigenvalue weighted by atomic mass is 9.84. The van der Waals surface area contributed by atoms with Crippen molar-refractivity contribution in [2.24, 2.45) is 0 Å². The second-order valence-electron chi connectivity index (χ2n) is 5.47. The molecule has 1 saturated carbocycles. The molecule has 3 heteroatoms. The van der Waals surface area contributed by atoms with Crippen molar-refractivity contribution in [1.29, 1.82) is 0 Å². The molecule has 1 N–H and O–H groups in total. The maximum atomic E-state index is 13.3. The summed E-state index contributed by atoms with van der Waals surface area (Å²) in [6, 6.07) is 5.20. The standard InChI is InChI=1S/C16H24FNO/c1-4-18-15(16(19-3)9-5-6-10-16)14-8-7-13(17)11-12(14)2/h7-8,11,15,18H,4-6,9-10H2,1-3H3. The predicted octanol–water partition coefficient (Wildman–Crippen LogP) is 3.74. The molecule has 2 rings (SSSR count). The van der Waals surface area contributed by atoms with Gasteiger partial charge in [0.25, 0.3) is 0 Å². The van der Waals surface area contributed by atoms with Gasteiger partial charge in [0.05, 0.1) is 11.6 Å². The number of benzene rings is 1. The number of nitrogens with one attached hydrogen (secondary N) is 1. The highest BCUT2D eigenvalue weighted by Crippen LogP contribution is 2.43. The molecule has 0 amide bonds. The Hall–Kier alpha value is -0.930. The average molecular weight is 265 g/mol. The fourth-order valence-electron chi connectivity index (χ4n) is 3.33. The summed E-state index contributed by atoms with van der Waals surface area (Å²) < 4.78 is 19.2. The molecule has 0 spiro atoms. The first kappa shape index (κ1) is 14.5. The Balaban J connectivity index is 2.38. The fourth-order valence-corrected chi connectivity index (χ4v) is 3.33. The normalized spacial score (nSPS) is 19.6. The molecule has 0 radical (unpaired) electrons. The van der Waals surface area contributed by atoms with E-state index in [1.165, 1.54) is 12.8 Å². The summed E-state index contributed by atoms with van der Waals surface area (Å²) in [5.41, 5.74) is 2.01. The highest BCUT2D eigenvalue weighted by atomic mass is 19.1. The van der Waals surface area contributed by atoms with Gasteiger partial charge >= 0.3 is 0 Å². The molecule has 0 bridgehead atoms. The second-order valence-corrected chi connectivity index (χ2v) is 5.47. The maximum absolute atomic E-state index is 13.3. The lowest BCUT2D eigenvalue weighted by Gasteiger charge is -2.38. The highest BCUT2D eigenvalue weighted by Gasteiger charge is 2.42. The number of hydrogen-bond acceptors (Lipinski definition) is 2. The predicted molar refractivity (Wildman–Crippen MR) is 75.8 cm³/mol. The minimum atomic E-state index is -0.172. The van der Waals surface area contributed by atoms with Crippen LogP contribution >= 0.6 is 0 Å². The molecular formula is C16H24FNO. The molecule has 1 unspecified atom stereocenters. The SMILES string of the molecule is CCNC(c1ccc(F)cc1C)C1(OC)CCCC1. The lowest BCUT2D eigenvalue weighted by Crippen LogP contribution is -2.43. The van der Waals surface area contributed by atoms with Gasteiger partial charge in [0.1, 0.15) is 5.82 Å². The first-order valence-electron chi connectivity index (χ1n) is 7.17. The monoisotopic (exact) mass is 265 g/mol. The van der Waals surface area contributed by atoms with Crippen LogP contribution in [0.5, 0.6) is 0 Å². The van der Waals surface area contributed by atoms with Gasteiger partial charge in [-0.2, -0.15) is 0 Å². The summed E-state index contributed by atoms with van der Waals surface area (Å²) >= 11 is 0. The average Bonchev–Trinajstić information content (AvgIpc) is 2.87. The van der Waals surface area contributed by atoms with Crippen LogP contribution in [0.2, 0.25) is 0 Å². The number of likely N-dealkylation sites (N-methyl/N-ethyl adjacent to an activating group) is 1. The van der Waals surface area contributed by atoms with E-state index >= 15 is 0 Å². The van der Waals surface area contributed by atoms with Crippen molar-refractivity contribution < 1.29 is 9.13 Å². The van der Waals surface area contributed by atoms with Crippen molar-refractivity contribution in [2.75, 3.05) is 13.7 Å². The van der Waals surface area contributed by atoms with E-state index in [0.717, 1.165) is 30.5 Å². The van der Waals surface area contributed by atoms with Crippen molar-refractivity contribution in [3.63, 3.8) is 0 Å². The Morgan fingerprint density at radius 2 is 2.05 bits per heavy atom. The smallest absolute Gasteiger partial charge is 0.123 e. The first-order chi connectivity index (χ1) is 9.13. The molecule has 2 nitrogen and oxygen atoms in total. The van der Waals surface area contributed by atoms with Crippen molar-refractivity contribution >= 4 is 0 Å². The van der Waals surface area contributed by atoms with Crippen LogP contribution in [-0.4, -0.2) is 19.3 Å². The lowest BCUT2D eigenvalue weighted by molar-refractivity contribution is -0.0365. The minimum Gasteiger partial charge on any atom is -0.376 e. The Kier molecular flexibility index (Phi) is 4.58. The number of methoxy groups -OCH3 is 1. The van der Waals surface area contributed by atoms with Crippen molar-refractivity contribution in [1.82, 2.24) is 5.32 Å². The molecule has 1 aromatic rings. The largest absolute Gasteiger partial charge is 0.376 e. The van der Waals surface area contributed by atoms with Gasteiger partial charge in [-0.25, -0.2) is 4.39 Å². The van der Waals surface area contributed by atoms with Gasteiger partial charge in [-0.3, -0.25) is 0 Å². The Labute approximate surface area is 115 Å². The summed E-state index contributed by atoms with van der Waals surface area (Å²) in [6.45, 7) is 4.96. The third-order valence-electron chi connectivity index (χ3n) is 4.33. The van der Waals surface area contributed by atoms with Crippen LogP contribution in [0.15, 0.2) is 18.2 Å². The summed E-state index contributed by atoms with van der Waals surface area (Å²) in [5.74, 6) is -0.172. The highest BCUT2D eigenvalue weighted by molar-refractivity contribution is 5.32. The van der Waals surface area contributed by atoms with Gasteiger partial charge in [-0.05, 0) is 49.6 Å². The third kappa shape index (κ3) is 2.82. The van der Waals surface area contributed by atoms with Crippen LogP contribution in [0.1, 0.15) is 49.8 Å². The van der Waals surface area contributed by atoms with Crippen LogP contribution in [0.3, 0.4) is 0 Å². The zero-order chi connectivity index (χ0) is 13.9. The first-order valence-corrected chi connectivity index (χ1v) is 7.17. The molecule has 1 aliphatic carbocycles. The molecule has 1 atom stereocenters. The van der Waals surface area contributed by atoms with Crippen molar-refractivity contribution in [3.05, 3.63) is 35.1 Å². The Bertz CT molecular complexity index is 427. The maximum Gasteiger partial charge on any atom is 0.123 e. The van der Waals surface area contributed by atoms with Gasteiger partial charge in [0, 0.05) is 7.11 Å². The minimum absolute atomic E-state index is 0.140. The van der Waals surface area contributed by atoms with Crippen LogP contribution in [0, 0.1) is 12.7 Å². The van der Waals surface area contributed by atoms with Gasteiger partial charge in [-0.1, -0.05) is 25.8 Å². The second kappa shape index (κ2) is 6.02. The van der Waals surface area contributed by atoms with E-state index in [-0.39, 0.29) is 17.5 Å². The number of hydrogen-bond donors (Lipinski definition) is 1. The van der Waals surface area contributed by atoms with Crippen LogP contribution < -0.4 is 5.32 Å². The Morgan fingerprint density at radius 3 is 2.58 bits per heavy atom. The van der Waals surface area contributed by atoms with Crippen LogP contribution in [0.4, 0.5) is 4.39 Å². The quantitative estimate of drug-likeness (QED) is 0.875. The summed E-state index contributed by atoms with van der Waals surface area (Å²) in [7, 11) is 1.80. The van der Waals surface area contributed by atoms with E-state index in [2.05, 4.69) is 12.2 Å². The zero-order valence-electron chi connectivity index (χ0n) is 12.1. The van der Waals surface area contributed by atoms with Crippen LogP contribution in [-0.2, 0) is 4.74 Å². The molecule has 1 aliphatic rings. The van der Waals surface area contributed by atoms with Crippen molar-refractivity contribution in [2.45, 2.75) is 51.2 Å². The van der Waals surface area contributed by atoms with Crippen molar-refractivity contribution in [3.8, 4) is 0 Å². The number of ether oxygens (including phenoxy) is 1. The molecule has 1 fully saturated rings. The fraction of sp³-hybridized carbons (Fsp3) is 0.625. The number of aryl methyl sites for hydroxylation is 1. The molecule has 1 aromatic carbocycles. The number of halogens is 1. The zero-order valence-corrected chi connectivity index (χ0v) is 12.1. The third-order valence-corrected chi connectivity index (χ3v) is 4.33. The van der Waals surface area contributed by atoms with E-state index < -0.39 is 0 Å².